The van der Waals surface area contributed by atoms with Gasteiger partial charge in [0.2, 0.25) is 5.88 Å². The van der Waals surface area contributed by atoms with E-state index in [0.717, 1.165) is 18.4 Å². The number of likely N-dealkylation sites (tertiary alicyclic amines) is 1. The number of hydrogen-bond donors (Lipinski definition) is 0. The summed E-state index contributed by atoms with van der Waals surface area (Å²) < 4.78 is 11.1. The molecule has 1 aliphatic rings. The Morgan fingerprint density at radius 3 is 2.73 bits per heavy atom. The van der Waals surface area contributed by atoms with Crippen LogP contribution in [0, 0.1) is 12.8 Å². The Bertz CT molecular complexity index is 517. The first kappa shape index (κ1) is 16.8. The molecule has 0 radical (unpaired) electrons. The minimum Gasteiger partial charge on any atom is -0.474 e. The molecule has 1 aromatic heterocycles. The van der Waals surface area contributed by atoms with Crippen molar-refractivity contribution >= 4 is 17.7 Å². The van der Waals surface area contributed by atoms with Gasteiger partial charge in [0.15, 0.2) is 0 Å². The third-order valence-electron chi connectivity index (χ3n) is 3.49. The van der Waals surface area contributed by atoms with Gasteiger partial charge in [-0.25, -0.2) is 14.8 Å². The zero-order valence-corrected chi connectivity index (χ0v) is 14.0. The maximum absolute atomic E-state index is 11.9. The first-order chi connectivity index (χ1) is 10.5. The Kier molecular flexibility index (Phi) is 5.83. The van der Waals surface area contributed by atoms with Crippen LogP contribution >= 0.6 is 11.6 Å². The monoisotopic (exact) mass is 327 g/mol. The number of halogens is 1. The lowest BCUT2D eigenvalue weighted by atomic mass is 10.1. The Labute approximate surface area is 135 Å². The lowest BCUT2D eigenvalue weighted by Crippen LogP contribution is -2.42. The third kappa shape index (κ3) is 4.47. The largest absolute Gasteiger partial charge is 0.474 e. The third-order valence-corrected chi connectivity index (χ3v) is 3.88. The highest BCUT2D eigenvalue weighted by atomic mass is 35.5. The quantitative estimate of drug-likeness (QED) is 0.795. The highest BCUT2D eigenvalue weighted by Gasteiger charge is 2.25. The van der Waals surface area contributed by atoms with E-state index >= 15 is 0 Å². The average molecular weight is 328 g/mol. The molecule has 0 spiro atoms. The lowest BCUT2D eigenvalue weighted by Gasteiger charge is -2.31. The number of amides is 1. The first-order valence-corrected chi connectivity index (χ1v) is 7.90. The number of nitrogens with zero attached hydrogens (tertiary/aromatic N) is 3. The highest BCUT2D eigenvalue weighted by Crippen LogP contribution is 2.24. The summed E-state index contributed by atoms with van der Waals surface area (Å²) in [6.07, 6.45) is 2.67. The lowest BCUT2D eigenvalue weighted by molar-refractivity contribution is 0.0603. The molecule has 0 aliphatic carbocycles. The summed E-state index contributed by atoms with van der Waals surface area (Å²) in [4.78, 5) is 21.6. The number of piperidine rings is 1. The first-order valence-electron chi connectivity index (χ1n) is 7.52. The van der Waals surface area contributed by atoms with Crippen molar-refractivity contribution in [2.24, 2.45) is 5.92 Å². The van der Waals surface area contributed by atoms with E-state index in [-0.39, 0.29) is 12.2 Å². The van der Waals surface area contributed by atoms with Gasteiger partial charge in [-0.2, -0.15) is 0 Å². The fourth-order valence-corrected chi connectivity index (χ4v) is 2.30. The fraction of sp³-hybridized carbons (Fsp3) is 0.667. The maximum Gasteiger partial charge on any atom is 0.409 e. The minimum atomic E-state index is -0.242. The predicted octanol–water partition coefficient (Wildman–Crippen LogP) is 3.07. The number of hydrogen-bond acceptors (Lipinski definition) is 5. The molecule has 7 heteroatoms. The van der Waals surface area contributed by atoms with Gasteiger partial charge in [0, 0.05) is 31.5 Å². The molecule has 0 atom stereocenters. The van der Waals surface area contributed by atoms with E-state index < -0.39 is 0 Å². The molecule has 1 fully saturated rings. The van der Waals surface area contributed by atoms with Crippen LogP contribution in [-0.2, 0) is 4.74 Å². The maximum atomic E-state index is 11.9. The highest BCUT2D eigenvalue weighted by molar-refractivity contribution is 6.30. The predicted molar refractivity (Wildman–Crippen MR) is 83.2 cm³/mol. The van der Waals surface area contributed by atoms with Crippen LogP contribution in [-0.4, -0.2) is 46.8 Å². The van der Waals surface area contributed by atoms with Crippen LogP contribution in [0.1, 0.15) is 32.3 Å². The van der Waals surface area contributed by atoms with E-state index in [2.05, 4.69) is 9.97 Å². The van der Waals surface area contributed by atoms with E-state index in [1.165, 1.54) is 6.33 Å². The van der Waals surface area contributed by atoms with Gasteiger partial charge >= 0.3 is 6.09 Å². The number of carbonyl (C=O) groups is 1. The molecule has 22 heavy (non-hydrogen) atoms. The van der Waals surface area contributed by atoms with Gasteiger partial charge in [0.1, 0.15) is 17.6 Å². The van der Waals surface area contributed by atoms with E-state index in [0.29, 0.717) is 36.6 Å². The normalized spacial score (nSPS) is 16.0. The van der Waals surface area contributed by atoms with Crippen molar-refractivity contribution < 1.29 is 14.3 Å². The molecule has 0 aromatic carbocycles. The van der Waals surface area contributed by atoms with Crippen LogP contribution < -0.4 is 4.74 Å². The van der Waals surface area contributed by atoms with Gasteiger partial charge in [0.05, 0.1) is 6.61 Å². The van der Waals surface area contributed by atoms with Crippen molar-refractivity contribution in [1.29, 1.82) is 0 Å². The smallest absolute Gasteiger partial charge is 0.409 e. The Morgan fingerprint density at radius 2 is 2.09 bits per heavy atom. The Hall–Kier alpha value is -1.56. The van der Waals surface area contributed by atoms with Gasteiger partial charge in [-0.15, -0.1) is 0 Å². The molecule has 1 aliphatic heterocycles. The standard InChI is InChI=1S/C15H22ClN3O3/c1-10(2)8-21-15(20)19-6-4-12(5-7-19)22-14-11(3)13(16)17-9-18-14/h9-10,12H,4-8H2,1-3H3. The molecule has 2 heterocycles. The van der Waals surface area contributed by atoms with Gasteiger partial charge in [0.25, 0.3) is 0 Å². The topological polar surface area (TPSA) is 64.6 Å². The van der Waals surface area contributed by atoms with Crippen molar-refractivity contribution in [1.82, 2.24) is 14.9 Å². The molecule has 0 N–H and O–H groups in total. The second kappa shape index (κ2) is 7.63. The number of carbonyl (C=O) groups excluding carboxylic acids is 1. The van der Waals surface area contributed by atoms with Crippen LogP contribution in [0.5, 0.6) is 5.88 Å². The minimum absolute atomic E-state index is 0.0267. The van der Waals surface area contributed by atoms with Crippen molar-refractivity contribution in [2.75, 3.05) is 19.7 Å². The molecule has 2 rings (SSSR count). The molecule has 6 nitrogen and oxygen atoms in total. The van der Waals surface area contributed by atoms with E-state index in [9.17, 15) is 4.79 Å². The van der Waals surface area contributed by atoms with Gasteiger partial charge in [-0.1, -0.05) is 25.4 Å². The van der Waals surface area contributed by atoms with Crippen LogP contribution in [0.2, 0.25) is 5.15 Å². The van der Waals surface area contributed by atoms with Crippen molar-refractivity contribution in [2.45, 2.75) is 39.7 Å². The van der Waals surface area contributed by atoms with Crippen molar-refractivity contribution in [3.63, 3.8) is 0 Å². The van der Waals surface area contributed by atoms with E-state index in [1.807, 2.05) is 20.8 Å². The SMILES string of the molecule is Cc1c(Cl)ncnc1OC1CCN(C(=O)OCC(C)C)CC1. The van der Waals surface area contributed by atoms with Gasteiger partial charge in [-0.3, -0.25) is 0 Å². The molecule has 0 unspecified atom stereocenters. The summed E-state index contributed by atoms with van der Waals surface area (Å²) in [5, 5.41) is 0.402. The number of ether oxygens (including phenoxy) is 2. The summed E-state index contributed by atoms with van der Waals surface area (Å²) in [6, 6.07) is 0. The van der Waals surface area contributed by atoms with Crippen molar-refractivity contribution in [3.8, 4) is 5.88 Å². The zero-order valence-electron chi connectivity index (χ0n) is 13.2. The van der Waals surface area contributed by atoms with Crippen LogP contribution in [0.4, 0.5) is 4.79 Å². The summed E-state index contributed by atoms with van der Waals surface area (Å²) in [6.45, 7) is 7.56. The molecule has 1 aromatic rings. The number of rotatable bonds is 4. The summed E-state index contributed by atoms with van der Waals surface area (Å²) in [7, 11) is 0. The second-order valence-corrected chi connectivity index (χ2v) is 6.23. The molecule has 1 amide bonds. The van der Waals surface area contributed by atoms with Crippen LogP contribution in [0.15, 0.2) is 6.33 Å². The Morgan fingerprint density at radius 1 is 1.41 bits per heavy atom. The molecule has 1 saturated heterocycles. The number of aromatic nitrogens is 2. The van der Waals surface area contributed by atoms with E-state index in [4.69, 9.17) is 21.1 Å². The summed E-state index contributed by atoms with van der Waals surface area (Å²) in [5.41, 5.74) is 0.739. The average Bonchev–Trinajstić information content (AvgIpc) is 2.50. The fourth-order valence-electron chi connectivity index (χ4n) is 2.18. The van der Waals surface area contributed by atoms with Crippen LogP contribution in [0.3, 0.4) is 0 Å². The summed E-state index contributed by atoms with van der Waals surface area (Å²) in [5.74, 6) is 0.858. The molecule has 0 bridgehead atoms. The van der Waals surface area contributed by atoms with Crippen LogP contribution in [0.25, 0.3) is 0 Å². The van der Waals surface area contributed by atoms with Crippen molar-refractivity contribution in [3.05, 3.63) is 17.0 Å². The van der Waals surface area contributed by atoms with Gasteiger partial charge < -0.3 is 14.4 Å². The molecular weight excluding hydrogens is 306 g/mol. The molecule has 122 valence electrons. The molecule has 0 saturated carbocycles. The zero-order chi connectivity index (χ0) is 16.1. The van der Waals surface area contributed by atoms with Gasteiger partial charge in [-0.05, 0) is 12.8 Å². The van der Waals surface area contributed by atoms with E-state index in [1.54, 1.807) is 4.90 Å². The summed E-state index contributed by atoms with van der Waals surface area (Å²) >= 11 is 5.96. The molecular formula is C15H22ClN3O3. The second-order valence-electron chi connectivity index (χ2n) is 5.87. The Balaban J connectivity index is 1.82.